The van der Waals surface area contributed by atoms with Crippen molar-refractivity contribution in [3.8, 4) is 45.3 Å². The van der Waals surface area contributed by atoms with Crippen molar-refractivity contribution >= 4 is 10.8 Å². The van der Waals surface area contributed by atoms with E-state index in [1.807, 2.05) is 66.7 Å². The monoisotopic (exact) mass is 386 g/mol. The third kappa shape index (κ3) is 3.34. The number of phenols is 1. The summed E-state index contributed by atoms with van der Waals surface area (Å²) >= 11 is 0. The third-order valence-electron chi connectivity index (χ3n) is 5.06. The number of phenolic OH excluding ortho intramolecular Hbond substituents is 1. The van der Waals surface area contributed by atoms with Crippen molar-refractivity contribution in [1.29, 1.82) is 0 Å². The first-order chi connectivity index (χ1) is 14.2. The summed E-state index contributed by atoms with van der Waals surface area (Å²) in [5.74, 6) is 2.15. The van der Waals surface area contributed by atoms with Crippen LogP contribution in [0.3, 0.4) is 0 Å². The van der Waals surface area contributed by atoms with Gasteiger partial charge in [0.1, 0.15) is 11.5 Å². The Labute approximate surface area is 169 Å². The van der Waals surface area contributed by atoms with E-state index in [0.717, 1.165) is 33.4 Å². The molecule has 0 aliphatic rings. The van der Waals surface area contributed by atoms with Crippen LogP contribution in [0.4, 0.5) is 0 Å². The second-order valence-corrected chi connectivity index (χ2v) is 6.67. The average molecular weight is 386 g/mol. The van der Waals surface area contributed by atoms with Crippen molar-refractivity contribution in [2.24, 2.45) is 0 Å². The maximum Gasteiger partial charge on any atom is 0.161 e. The van der Waals surface area contributed by atoms with Gasteiger partial charge in [-0.2, -0.15) is 0 Å². The van der Waals surface area contributed by atoms with Gasteiger partial charge >= 0.3 is 0 Å². The van der Waals surface area contributed by atoms with Crippen LogP contribution in [0.25, 0.3) is 33.0 Å². The van der Waals surface area contributed by atoms with E-state index < -0.39 is 0 Å². The minimum absolute atomic E-state index is 0.201. The normalized spacial score (nSPS) is 10.7. The van der Waals surface area contributed by atoms with E-state index in [9.17, 15) is 5.11 Å². The summed E-state index contributed by atoms with van der Waals surface area (Å²) in [6.45, 7) is 0. The lowest BCUT2D eigenvalue weighted by atomic mass is 9.90. The van der Waals surface area contributed by atoms with Crippen LogP contribution in [0.5, 0.6) is 23.0 Å². The molecule has 4 aromatic rings. The molecule has 0 spiro atoms. The molecule has 0 saturated carbocycles. The number of rotatable bonds is 5. The van der Waals surface area contributed by atoms with Crippen molar-refractivity contribution in [2.75, 3.05) is 21.3 Å². The molecule has 4 aromatic carbocycles. The van der Waals surface area contributed by atoms with Crippen LogP contribution < -0.4 is 14.2 Å². The Hall–Kier alpha value is -3.66. The number of hydrogen-bond donors (Lipinski definition) is 1. The van der Waals surface area contributed by atoms with Gasteiger partial charge in [-0.1, -0.05) is 42.5 Å². The number of methoxy groups -OCH3 is 3. The van der Waals surface area contributed by atoms with Crippen LogP contribution in [-0.4, -0.2) is 26.4 Å². The smallest absolute Gasteiger partial charge is 0.161 e. The highest BCUT2D eigenvalue weighted by Crippen LogP contribution is 2.46. The molecule has 4 heteroatoms. The van der Waals surface area contributed by atoms with E-state index in [1.54, 1.807) is 21.3 Å². The Balaban J connectivity index is 2.09. The van der Waals surface area contributed by atoms with Crippen molar-refractivity contribution in [2.45, 2.75) is 0 Å². The molecule has 29 heavy (non-hydrogen) atoms. The van der Waals surface area contributed by atoms with Gasteiger partial charge in [-0.3, -0.25) is 0 Å². The highest BCUT2D eigenvalue weighted by Gasteiger charge is 2.18. The van der Waals surface area contributed by atoms with Crippen LogP contribution >= 0.6 is 0 Å². The van der Waals surface area contributed by atoms with Gasteiger partial charge in [0.05, 0.1) is 21.3 Å². The van der Waals surface area contributed by atoms with Crippen LogP contribution in [0.1, 0.15) is 0 Å². The number of aromatic hydroxyl groups is 1. The predicted molar refractivity (Wildman–Crippen MR) is 116 cm³/mol. The molecule has 0 radical (unpaired) electrons. The van der Waals surface area contributed by atoms with Gasteiger partial charge in [-0.15, -0.1) is 0 Å². The largest absolute Gasteiger partial charge is 0.507 e. The van der Waals surface area contributed by atoms with Crippen molar-refractivity contribution < 1.29 is 19.3 Å². The summed E-state index contributed by atoms with van der Waals surface area (Å²) in [5, 5.41) is 12.9. The Kier molecular flexibility index (Phi) is 5.00. The summed E-state index contributed by atoms with van der Waals surface area (Å²) in [4.78, 5) is 0. The zero-order valence-electron chi connectivity index (χ0n) is 16.6. The molecule has 0 fully saturated rings. The highest BCUT2D eigenvalue weighted by atomic mass is 16.5. The molecular weight excluding hydrogens is 364 g/mol. The van der Waals surface area contributed by atoms with Crippen molar-refractivity contribution in [1.82, 2.24) is 0 Å². The minimum atomic E-state index is 0.201. The fourth-order valence-electron chi connectivity index (χ4n) is 3.62. The van der Waals surface area contributed by atoms with Crippen molar-refractivity contribution in [3.63, 3.8) is 0 Å². The van der Waals surface area contributed by atoms with Gasteiger partial charge in [0.2, 0.25) is 0 Å². The maximum atomic E-state index is 11.3. The Morgan fingerprint density at radius 3 is 2.03 bits per heavy atom. The molecule has 0 aliphatic carbocycles. The molecule has 0 unspecified atom stereocenters. The van der Waals surface area contributed by atoms with Crippen LogP contribution in [0.15, 0.2) is 72.8 Å². The molecule has 0 heterocycles. The molecule has 0 saturated heterocycles. The quantitative estimate of drug-likeness (QED) is 0.463. The summed E-state index contributed by atoms with van der Waals surface area (Å²) in [5.41, 5.74) is 3.56. The Morgan fingerprint density at radius 1 is 0.655 bits per heavy atom. The molecule has 0 atom stereocenters. The SMILES string of the molecule is COc1cccc(-c2cc3cc(OC)c(OC)cc3c(O)c2-c2ccccc2)c1. The topological polar surface area (TPSA) is 47.9 Å². The number of benzene rings is 4. The lowest BCUT2D eigenvalue weighted by molar-refractivity contribution is 0.355. The molecule has 0 amide bonds. The maximum absolute atomic E-state index is 11.3. The first-order valence-corrected chi connectivity index (χ1v) is 9.27. The lowest BCUT2D eigenvalue weighted by Gasteiger charge is -2.17. The minimum Gasteiger partial charge on any atom is -0.507 e. The summed E-state index contributed by atoms with van der Waals surface area (Å²) in [7, 11) is 4.83. The van der Waals surface area contributed by atoms with Gasteiger partial charge in [0, 0.05) is 10.9 Å². The molecule has 4 nitrogen and oxygen atoms in total. The Bertz CT molecular complexity index is 1170. The summed E-state index contributed by atoms with van der Waals surface area (Å²) in [6.07, 6.45) is 0. The first kappa shape index (κ1) is 18.7. The number of ether oxygens (including phenoxy) is 3. The van der Waals surface area contributed by atoms with E-state index >= 15 is 0 Å². The standard InChI is InChI=1S/C25H22O4/c1-27-19-11-7-10-17(12-19)20-13-18-14-22(28-2)23(29-3)15-21(18)25(26)24(20)16-8-5-4-6-9-16/h4-15,26H,1-3H3. The number of hydrogen-bond acceptors (Lipinski definition) is 4. The van der Waals surface area contributed by atoms with Gasteiger partial charge in [0.15, 0.2) is 11.5 Å². The van der Waals surface area contributed by atoms with E-state index in [4.69, 9.17) is 14.2 Å². The molecule has 0 bridgehead atoms. The van der Waals surface area contributed by atoms with Crippen LogP contribution in [0.2, 0.25) is 0 Å². The van der Waals surface area contributed by atoms with E-state index in [0.29, 0.717) is 16.9 Å². The average Bonchev–Trinajstić information content (AvgIpc) is 2.78. The first-order valence-electron chi connectivity index (χ1n) is 9.27. The molecule has 0 aromatic heterocycles. The van der Waals surface area contributed by atoms with Crippen LogP contribution in [0, 0.1) is 0 Å². The van der Waals surface area contributed by atoms with Gasteiger partial charge in [-0.05, 0) is 52.4 Å². The van der Waals surface area contributed by atoms with Gasteiger partial charge in [0.25, 0.3) is 0 Å². The van der Waals surface area contributed by atoms with Gasteiger partial charge < -0.3 is 19.3 Å². The summed E-state index contributed by atoms with van der Waals surface area (Å²) in [6, 6.07) is 23.4. The fourth-order valence-corrected chi connectivity index (χ4v) is 3.62. The fraction of sp³-hybridized carbons (Fsp3) is 0.120. The summed E-state index contributed by atoms with van der Waals surface area (Å²) < 4.78 is 16.3. The van der Waals surface area contributed by atoms with E-state index in [-0.39, 0.29) is 5.75 Å². The number of fused-ring (bicyclic) bond motifs is 1. The lowest BCUT2D eigenvalue weighted by Crippen LogP contribution is -1.93. The van der Waals surface area contributed by atoms with Crippen LogP contribution in [-0.2, 0) is 0 Å². The Morgan fingerprint density at radius 2 is 1.34 bits per heavy atom. The molecule has 4 rings (SSSR count). The van der Waals surface area contributed by atoms with Crippen molar-refractivity contribution in [3.05, 3.63) is 72.8 Å². The predicted octanol–water partition coefficient (Wildman–Crippen LogP) is 5.91. The second-order valence-electron chi connectivity index (χ2n) is 6.67. The zero-order chi connectivity index (χ0) is 20.4. The second kappa shape index (κ2) is 7.76. The molecule has 0 aliphatic heterocycles. The van der Waals surface area contributed by atoms with E-state index in [1.165, 1.54) is 0 Å². The third-order valence-corrected chi connectivity index (χ3v) is 5.06. The molecular formula is C25H22O4. The zero-order valence-corrected chi connectivity index (χ0v) is 16.6. The van der Waals surface area contributed by atoms with Gasteiger partial charge in [-0.25, -0.2) is 0 Å². The highest BCUT2D eigenvalue weighted by molar-refractivity contribution is 6.03. The molecule has 1 N–H and O–H groups in total. The van der Waals surface area contributed by atoms with E-state index in [2.05, 4.69) is 6.07 Å². The molecule has 146 valence electrons.